The van der Waals surface area contributed by atoms with E-state index in [0.717, 1.165) is 17.0 Å². The zero-order valence-corrected chi connectivity index (χ0v) is 15.9. The van der Waals surface area contributed by atoms with Crippen LogP contribution in [-0.2, 0) is 0 Å². The van der Waals surface area contributed by atoms with Crippen LogP contribution in [-0.4, -0.2) is 34.5 Å². The van der Waals surface area contributed by atoms with Gasteiger partial charge in [0.15, 0.2) is 5.11 Å². The third-order valence-corrected chi connectivity index (χ3v) is 4.03. The number of aromatic nitrogens is 1. The van der Waals surface area contributed by atoms with E-state index < -0.39 is 4.92 Å². The first-order valence-electron chi connectivity index (χ1n) is 7.97. The molecule has 0 amide bonds. The first-order valence-corrected chi connectivity index (χ1v) is 8.38. The third-order valence-electron chi connectivity index (χ3n) is 3.79. The molecule has 0 radical (unpaired) electrons. The van der Waals surface area contributed by atoms with E-state index in [4.69, 9.17) is 17.0 Å². The lowest BCUT2D eigenvalue weighted by Crippen LogP contribution is -2.31. The predicted octanol–water partition coefficient (Wildman–Crippen LogP) is 2.83. The predicted molar refractivity (Wildman–Crippen MR) is 105 cm³/mol. The fraction of sp³-hybridized carbons (Fsp3) is 0.294. The van der Waals surface area contributed by atoms with Crippen LogP contribution in [0, 0.1) is 24.0 Å². The molecule has 8 nitrogen and oxygen atoms in total. The Morgan fingerprint density at radius 3 is 2.77 bits per heavy atom. The standard InChI is InChI=1S/C17H21N5O3S/c1-5-18-17(26)20-19-10-13-8-11(2)21(12(13)3)15-9-14(22(23)24)6-7-16(15)25-4/h6-10H,5H2,1-4H3,(H2,18,20,26). The Kier molecular flexibility index (Phi) is 6.29. The number of hydrogen-bond acceptors (Lipinski definition) is 5. The summed E-state index contributed by atoms with van der Waals surface area (Å²) in [4.78, 5) is 10.7. The molecule has 0 bridgehead atoms. The molecule has 0 aliphatic carbocycles. The van der Waals surface area contributed by atoms with Gasteiger partial charge in [-0.15, -0.1) is 0 Å². The molecule has 0 aliphatic heterocycles. The molecule has 2 N–H and O–H groups in total. The summed E-state index contributed by atoms with van der Waals surface area (Å²) in [5.74, 6) is 0.548. The summed E-state index contributed by atoms with van der Waals surface area (Å²) in [6.45, 7) is 6.48. The molecule has 0 fully saturated rings. The van der Waals surface area contributed by atoms with Gasteiger partial charge in [-0.1, -0.05) is 0 Å². The normalized spacial score (nSPS) is 10.8. The summed E-state index contributed by atoms with van der Waals surface area (Å²) in [7, 11) is 1.53. The highest BCUT2D eigenvalue weighted by molar-refractivity contribution is 7.80. The number of aryl methyl sites for hydroxylation is 1. The average molecular weight is 375 g/mol. The van der Waals surface area contributed by atoms with Crippen LogP contribution in [0.15, 0.2) is 29.4 Å². The van der Waals surface area contributed by atoms with Crippen molar-refractivity contribution in [1.29, 1.82) is 0 Å². The maximum Gasteiger partial charge on any atom is 0.271 e. The molecule has 0 spiro atoms. The van der Waals surface area contributed by atoms with Crippen LogP contribution in [0.2, 0.25) is 0 Å². The van der Waals surface area contributed by atoms with Gasteiger partial charge in [0.25, 0.3) is 5.69 Å². The van der Waals surface area contributed by atoms with Crippen LogP contribution in [0.4, 0.5) is 5.69 Å². The Morgan fingerprint density at radius 1 is 1.42 bits per heavy atom. The molecule has 26 heavy (non-hydrogen) atoms. The smallest absolute Gasteiger partial charge is 0.271 e. The lowest BCUT2D eigenvalue weighted by molar-refractivity contribution is -0.384. The van der Waals surface area contributed by atoms with E-state index in [2.05, 4.69) is 15.8 Å². The number of ether oxygens (including phenoxy) is 1. The summed E-state index contributed by atoms with van der Waals surface area (Å²) in [6, 6.07) is 6.45. The number of nitrogens with zero attached hydrogens (tertiary/aromatic N) is 3. The van der Waals surface area contributed by atoms with E-state index in [1.807, 2.05) is 31.4 Å². The molecule has 0 saturated heterocycles. The molecular formula is C17H21N5O3S. The van der Waals surface area contributed by atoms with Gasteiger partial charge in [-0.25, -0.2) is 0 Å². The van der Waals surface area contributed by atoms with Crippen molar-refractivity contribution in [1.82, 2.24) is 15.3 Å². The SMILES string of the molecule is CCNC(=S)NN=Cc1cc(C)n(-c2cc([N+](=O)[O-])ccc2OC)c1C. The second kappa shape index (κ2) is 8.43. The van der Waals surface area contributed by atoms with Gasteiger partial charge in [0.2, 0.25) is 0 Å². The summed E-state index contributed by atoms with van der Waals surface area (Å²) < 4.78 is 7.28. The van der Waals surface area contributed by atoms with E-state index in [1.54, 1.807) is 12.3 Å². The van der Waals surface area contributed by atoms with Crippen molar-refractivity contribution in [2.24, 2.45) is 5.10 Å². The quantitative estimate of drug-likeness (QED) is 0.349. The van der Waals surface area contributed by atoms with E-state index in [1.165, 1.54) is 19.2 Å². The second-order valence-corrected chi connectivity index (χ2v) is 5.91. The maximum absolute atomic E-state index is 11.1. The van der Waals surface area contributed by atoms with Crippen molar-refractivity contribution in [2.75, 3.05) is 13.7 Å². The van der Waals surface area contributed by atoms with Crippen molar-refractivity contribution < 1.29 is 9.66 Å². The van der Waals surface area contributed by atoms with Crippen LogP contribution < -0.4 is 15.5 Å². The van der Waals surface area contributed by atoms with E-state index in [-0.39, 0.29) is 5.69 Å². The van der Waals surface area contributed by atoms with Crippen LogP contribution >= 0.6 is 12.2 Å². The van der Waals surface area contributed by atoms with Crippen molar-refractivity contribution in [3.63, 3.8) is 0 Å². The molecule has 0 aliphatic rings. The fourth-order valence-corrected chi connectivity index (χ4v) is 2.81. The molecular weight excluding hydrogens is 354 g/mol. The highest BCUT2D eigenvalue weighted by Gasteiger charge is 2.17. The summed E-state index contributed by atoms with van der Waals surface area (Å²) in [6.07, 6.45) is 1.66. The number of benzene rings is 1. The van der Waals surface area contributed by atoms with Gasteiger partial charge in [-0.3, -0.25) is 15.5 Å². The molecule has 1 heterocycles. The Bertz CT molecular complexity index is 860. The van der Waals surface area contributed by atoms with Gasteiger partial charge in [-0.05, 0) is 45.1 Å². The number of hydrazone groups is 1. The first kappa shape index (κ1) is 19.4. The molecule has 1 aromatic carbocycles. The minimum absolute atomic E-state index is 0.00109. The molecule has 1 aromatic heterocycles. The van der Waals surface area contributed by atoms with Gasteiger partial charge < -0.3 is 14.6 Å². The molecule has 0 atom stereocenters. The summed E-state index contributed by atoms with van der Waals surface area (Å²) in [5.41, 5.74) is 5.99. The van der Waals surface area contributed by atoms with Crippen molar-refractivity contribution in [3.8, 4) is 11.4 Å². The van der Waals surface area contributed by atoms with E-state index in [9.17, 15) is 10.1 Å². The highest BCUT2D eigenvalue weighted by Crippen LogP contribution is 2.31. The lowest BCUT2D eigenvalue weighted by Gasteiger charge is -2.13. The molecule has 138 valence electrons. The van der Waals surface area contributed by atoms with Gasteiger partial charge in [-0.2, -0.15) is 5.10 Å². The Labute approximate surface area is 157 Å². The number of rotatable bonds is 6. The summed E-state index contributed by atoms with van der Waals surface area (Å²) >= 11 is 5.06. The number of non-ortho nitro benzene ring substituents is 1. The van der Waals surface area contributed by atoms with Gasteiger partial charge >= 0.3 is 0 Å². The zero-order chi connectivity index (χ0) is 19.3. The molecule has 0 unspecified atom stereocenters. The van der Waals surface area contributed by atoms with Gasteiger partial charge in [0.1, 0.15) is 5.75 Å². The monoisotopic (exact) mass is 375 g/mol. The van der Waals surface area contributed by atoms with Crippen LogP contribution in [0.25, 0.3) is 5.69 Å². The second-order valence-electron chi connectivity index (χ2n) is 5.50. The number of methoxy groups -OCH3 is 1. The molecule has 0 saturated carbocycles. The van der Waals surface area contributed by atoms with Crippen molar-refractivity contribution >= 4 is 29.2 Å². The van der Waals surface area contributed by atoms with E-state index in [0.29, 0.717) is 23.1 Å². The fourth-order valence-electron chi connectivity index (χ4n) is 2.62. The third kappa shape index (κ3) is 4.17. The number of nitro benzene ring substituents is 1. The number of thiocarbonyl (C=S) groups is 1. The van der Waals surface area contributed by atoms with Crippen LogP contribution in [0.5, 0.6) is 5.75 Å². The Balaban J connectivity index is 2.42. The summed E-state index contributed by atoms with van der Waals surface area (Å²) in [5, 5.41) is 18.6. The minimum Gasteiger partial charge on any atom is -0.495 e. The molecule has 2 aromatic rings. The van der Waals surface area contributed by atoms with Gasteiger partial charge in [0, 0.05) is 35.6 Å². The molecule has 2 rings (SSSR count). The van der Waals surface area contributed by atoms with Crippen molar-refractivity contribution in [3.05, 3.63) is 51.3 Å². The highest BCUT2D eigenvalue weighted by atomic mass is 32.1. The van der Waals surface area contributed by atoms with E-state index >= 15 is 0 Å². The topological polar surface area (TPSA) is 93.7 Å². The molecule has 9 heteroatoms. The van der Waals surface area contributed by atoms with Crippen LogP contribution in [0.1, 0.15) is 23.9 Å². The number of nitro groups is 1. The van der Waals surface area contributed by atoms with Crippen molar-refractivity contribution in [2.45, 2.75) is 20.8 Å². The number of nitrogens with one attached hydrogen (secondary N) is 2. The van der Waals surface area contributed by atoms with Gasteiger partial charge in [0.05, 0.1) is 23.9 Å². The van der Waals surface area contributed by atoms with Crippen LogP contribution in [0.3, 0.4) is 0 Å². The maximum atomic E-state index is 11.1. The zero-order valence-electron chi connectivity index (χ0n) is 15.1. The largest absolute Gasteiger partial charge is 0.495 e. The average Bonchev–Trinajstić information content (AvgIpc) is 2.88. The lowest BCUT2D eigenvalue weighted by atomic mass is 10.2. The number of hydrogen-bond donors (Lipinski definition) is 2. The Morgan fingerprint density at radius 2 is 2.15 bits per heavy atom. The minimum atomic E-state index is -0.426. The Hall–Kier alpha value is -2.94. The first-order chi connectivity index (χ1) is 12.4.